The molecule has 0 saturated carbocycles. The van der Waals surface area contributed by atoms with Crippen LogP contribution in [0, 0.1) is 17.5 Å². The maximum atomic E-state index is 13.7. The number of carbonyl (C=O) groups is 2. The molecule has 2 amide bonds. The van der Waals surface area contributed by atoms with Gasteiger partial charge in [0.15, 0.2) is 17.5 Å². The second kappa shape index (κ2) is 11.5. The summed E-state index contributed by atoms with van der Waals surface area (Å²) in [6.07, 6.45) is 1.36. The number of anilines is 1. The molecule has 1 aromatic heterocycles. The number of benzene rings is 2. The van der Waals surface area contributed by atoms with Crippen LogP contribution in [0.2, 0.25) is 0 Å². The van der Waals surface area contributed by atoms with E-state index < -0.39 is 47.5 Å². The fourth-order valence-electron chi connectivity index (χ4n) is 3.20. The van der Waals surface area contributed by atoms with Gasteiger partial charge in [0.25, 0.3) is 0 Å². The van der Waals surface area contributed by atoms with E-state index in [1.54, 1.807) is 14.0 Å². The molecule has 34 heavy (non-hydrogen) atoms. The quantitative estimate of drug-likeness (QED) is 0.437. The van der Waals surface area contributed by atoms with Gasteiger partial charge >= 0.3 is 0 Å². The highest BCUT2D eigenvalue weighted by atomic mass is 19.2. The Labute approximate surface area is 194 Å². The van der Waals surface area contributed by atoms with Crippen LogP contribution in [0.5, 0.6) is 0 Å². The second-order valence-electron chi connectivity index (χ2n) is 7.79. The van der Waals surface area contributed by atoms with Crippen LogP contribution in [0.4, 0.5) is 18.9 Å². The summed E-state index contributed by atoms with van der Waals surface area (Å²) in [5.74, 6) is -4.98. The van der Waals surface area contributed by atoms with Crippen LogP contribution in [-0.2, 0) is 16.0 Å². The third kappa shape index (κ3) is 6.44. The zero-order valence-corrected chi connectivity index (χ0v) is 18.8. The number of aryl methyl sites for hydroxylation is 1. The number of nitrogens with zero attached hydrogens (tertiary/aromatic N) is 2. The van der Waals surface area contributed by atoms with E-state index >= 15 is 0 Å². The number of nitrogens with one attached hydrogen (secondary N) is 2. The van der Waals surface area contributed by atoms with Crippen molar-refractivity contribution >= 4 is 17.5 Å². The van der Waals surface area contributed by atoms with Crippen LogP contribution in [0.1, 0.15) is 19.1 Å². The average molecular weight is 474 g/mol. The predicted molar refractivity (Wildman–Crippen MR) is 120 cm³/mol. The van der Waals surface area contributed by atoms with Gasteiger partial charge < -0.3 is 15.2 Å². The van der Waals surface area contributed by atoms with E-state index in [4.69, 9.17) is 4.52 Å². The van der Waals surface area contributed by atoms with E-state index in [9.17, 15) is 22.8 Å². The van der Waals surface area contributed by atoms with Gasteiger partial charge in [0.2, 0.25) is 11.8 Å². The van der Waals surface area contributed by atoms with Gasteiger partial charge in [0, 0.05) is 18.1 Å². The van der Waals surface area contributed by atoms with Crippen molar-refractivity contribution in [3.8, 4) is 11.3 Å². The van der Waals surface area contributed by atoms with Gasteiger partial charge in [-0.1, -0.05) is 35.5 Å². The third-order valence-corrected chi connectivity index (χ3v) is 5.34. The Morgan fingerprint density at radius 1 is 1.09 bits per heavy atom. The summed E-state index contributed by atoms with van der Waals surface area (Å²) in [5, 5.41) is 8.63. The summed E-state index contributed by atoms with van der Waals surface area (Å²) in [7, 11) is 1.77. The molecule has 1 heterocycles. The first-order valence-electron chi connectivity index (χ1n) is 10.7. The minimum absolute atomic E-state index is 0.408. The zero-order valence-electron chi connectivity index (χ0n) is 18.8. The molecule has 1 unspecified atom stereocenters. The number of rotatable bonds is 10. The standard InChI is InChI=1S/C24H25F3N4O3/c1-15(24(33)28-14-21(32)29-19-11-10-18(25)22(26)23(19)27)31(2)12-6-9-17-13-20(30-34-17)16-7-4-3-5-8-16/h3-5,7-8,10-11,13,15H,6,9,12,14H2,1-2H3,(H,28,33)(H,29,32). The molecule has 7 nitrogen and oxygen atoms in total. The molecule has 0 fully saturated rings. The number of hydrogen-bond donors (Lipinski definition) is 2. The van der Waals surface area contributed by atoms with Crippen LogP contribution in [0.25, 0.3) is 11.3 Å². The van der Waals surface area contributed by atoms with Gasteiger partial charge in [-0.3, -0.25) is 14.5 Å². The molecule has 10 heteroatoms. The molecule has 1 atom stereocenters. The van der Waals surface area contributed by atoms with Crippen molar-refractivity contribution in [1.82, 2.24) is 15.4 Å². The van der Waals surface area contributed by atoms with Crippen molar-refractivity contribution in [2.45, 2.75) is 25.8 Å². The molecular formula is C24H25F3N4O3. The lowest BCUT2D eigenvalue weighted by atomic mass is 10.1. The molecule has 0 saturated heterocycles. The van der Waals surface area contributed by atoms with Crippen molar-refractivity contribution in [3.05, 3.63) is 71.7 Å². The largest absolute Gasteiger partial charge is 0.361 e. The number of hydrogen-bond acceptors (Lipinski definition) is 5. The molecule has 3 aromatic rings. The number of halogens is 3. The van der Waals surface area contributed by atoms with Crippen molar-refractivity contribution in [1.29, 1.82) is 0 Å². The molecule has 0 spiro atoms. The van der Waals surface area contributed by atoms with Gasteiger partial charge in [0.05, 0.1) is 18.3 Å². The Kier molecular flexibility index (Phi) is 8.42. The van der Waals surface area contributed by atoms with E-state index in [2.05, 4.69) is 15.8 Å². The molecule has 0 aliphatic rings. The highest BCUT2D eigenvalue weighted by molar-refractivity contribution is 5.95. The topological polar surface area (TPSA) is 87.5 Å². The Bertz CT molecular complexity index is 1140. The van der Waals surface area contributed by atoms with E-state index in [1.807, 2.05) is 41.3 Å². The van der Waals surface area contributed by atoms with Crippen molar-refractivity contribution < 1.29 is 27.3 Å². The van der Waals surface area contributed by atoms with E-state index in [-0.39, 0.29) is 0 Å². The minimum Gasteiger partial charge on any atom is -0.361 e. The van der Waals surface area contributed by atoms with Crippen molar-refractivity contribution in [2.24, 2.45) is 0 Å². The second-order valence-corrected chi connectivity index (χ2v) is 7.79. The number of amides is 2. The van der Waals surface area contributed by atoms with Crippen LogP contribution in [-0.4, -0.2) is 48.0 Å². The summed E-state index contributed by atoms with van der Waals surface area (Å²) in [6.45, 7) is 1.82. The van der Waals surface area contributed by atoms with Gasteiger partial charge in [-0.2, -0.15) is 0 Å². The lowest BCUT2D eigenvalue weighted by molar-refractivity contribution is -0.127. The molecule has 0 aliphatic heterocycles. The van der Waals surface area contributed by atoms with Gasteiger partial charge in [0.1, 0.15) is 11.5 Å². The molecule has 3 rings (SSSR count). The summed E-state index contributed by atoms with van der Waals surface area (Å²) < 4.78 is 45.3. The summed E-state index contributed by atoms with van der Waals surface area (Å²) >= 11 is 0. The first kappa shape index (κ1) is 25.0. The molecule has 180 valence electrons. The van der Waals surface area contributed by atoms with Crippen LogP contribution in [0.3, 0.4) is 0 Å². The summed E-state index contributed by atoms with van der Waals surface area (Å²) in [4.78, 5) is 26.1. The lowest BCUT2D eigenvalue weighted by Crippen LogP contribution is -2.45. The number of aromatic nitrogens is 1. The fraction of sp³-hybridized carbons (Fsp3) is 0.292. The smallest absolute Gasteiger partial charge is 0.243 e. The predicted octanol–water partition coefficient (Wildman–Crippen LogP) is 3.77. The van der Waals surface area contributed by atoms with Crippen molar-refractivity contribution in [3.63, 3.8) is 0 Å². The lowest BCUT2D eigenvalue weighted by Gasteiger charge is -2.23. The SMILES string of the molecule is CC(C(=O)NCC(=O)Nc1ccc(F)c(F)c1F)N(C)CCCc1cc(-c2ccccc2)no1. The molecule has 2 N–H and O–H groups in total. The molecule has 0 aliphatic carbocycles. The van der Waals surface area contributed by atoms with Crippen LogP contribution >= 0.6 is 0 Å². The van der Waals surface area contributed by atoms with E-state index in [0.717, 1.165) is 23.1 Å². The van der Waals surface area contributed by atoms with Crippen LogP contribution < -0.4 is 10.6 Å². The average Bonchev–Trinajstić information content (AvgIpc) is 3.32. The first-order chi connectivity index (χ1) is 16.3. The third-order valence-electron chi connectivity index (χ3n) is 5.34. The first-order valence-corrected chi connectivity index (χ1v) is 10.7. The minimum atomic E-state index is -1.68. The van der Waals surface area contributed by atoms with Gasteiger partial charge in [-0.15, -0.1) is 0 Å². The van der Waals surface area contributed by atoms with Crippen molar-refractivity contribution in [2.75, 3.05) is 25.5 Å². The normalized spacial score (nSPS) is 11.9. The van der Waals surface area contributed by atoms with Crippen LogP contribution in [0.15, 0.2) is 53.1 Å². The molecule has 0 radical (unpaired) electrons. The van der Waals surface area contributed by atoms with E-state index in [0.29, 0.717) is 25.5 Å². The maximum Gasteiger partial charge on any atom is 0.243 e. The van der Waals surface area contributed by atoms with Gasteiger partial charge in [-0.05, 0) is 39.1 Å². The molecule has 0 bridgehead atoms. The maximum absolute atomic E-state index is 13.7. The highest BCUT2D eigenvalue weighted by Gasteiger charge is 2.20. The van der Waals surface area contributed by atoms with E-state index in [1.165, 1.54) is 0 Å². The highest BCUT2D eigenvalue weighted by Crippen LogP contribution is 2.20. The number of likely N-dealkylation sites (N-methyl/N-ethyl adjacent to an activating group) is 1. The molecular weight excluding hydrogens is 449 g/mol. The van der Waals surface area contributed by atoms with Gasteiger partial charge in [-0.25, -0.2) is 13.2 Å². The fourth-order valence-corrected chi connectivity index (χ4v) is 3.20. The summed E-state index contributed by atoms with van der Waals surface area (Å²) in [5.41, 5.74) is 1.22. The monoisotopic (exact) mass is 474 g/mol. The Morgan fingerprint density at radius 3 is 2.56 bits per heavy atom. The Hall–Kier alpha value is -3.66. The Morgan fingerprint density at radius 2 is 1.82 bits per heavy atom. The zero-order chi connectivity index (χ0) is 24.7. The molecule has 2 aromatic carbocycles. The Balaban J connectivity index is 1.40. The summed E-state index contributed by atoms with van der Waals surface area (Å²) in [6, 6.07) is 12.6. The number of carbonyl (C=O) groups excluding carboxylic acids is 2.